The third kappa shape index (κ3) is 16.7. The smallest absolute Gasteiger partial charge is 0.294 e. The van der Waals surface area contributed by atoms with Crippen molar-refractivity contribution in [3.8, 4) is 23.6 Å². The Hall–Kier alpha value is -10.4. The number of fused-ring (bicyclic) bond motifs is 2. The number of anilines is 8. The lowest BCUT2D eigenvalue weighted by Gasteiger charge is -2.27. The predicted octanol–water partition coefficient (Wildman–Crippen LogP) is 11.6. The number of ether oxygens (including phenoxy) is 2. The van der Waals surface area contributed by atoms with Crippen LogP contribution in [-0.2, 0) is 30.4 Å². The number of hydrogen-bond acceptors (Lipinski definition) is 32. The van der Waals surface area contributed by atoms with E-state index in [4.69, 9.17) is 44.6 Å². The van der Waals surface area contributed by atoms with Crippen LogP contribution in [0.4, 0.5) is 67.9 Å². The molecular formula is C65H67N19O15S6. The van der Waals surface area contributed by atoms with Gasteiger partial charge in [-0.15, -0.1) is 20.5 Å². The maximum atomic E-state index is 13.8. The van der Waals surface area contributed by atoms with Gasteiger partial charge in [-0.2, -0.15) is 60.7 Å². The number of carbonyl (C=O) groups excluding carboxylic acids is 4. The van der Waals surface area contributed by atoms with Crippen molar-refractivity contribution >= 4 is 168 Å². The molecule has 0 saturated carbocycles. The summed E-state index contributed by atoms with van der Waals surface area (Å²) in [5, 5.41) is 46.4. The summed E-state index contributed by atoms with van der Waals surface area (Å²) in [4.78, 5) is 87.8. The number of methoxy groups -OCH3 is 2. The van der Waals surface area contributed by atoms with Crippen LogP contribution in [0.3, 0.4) is 0 Å². The van der Waals surface area contributed by atoms with Crippen LogP contribution in [0, 0.1) is 22.7 Å². The Bertz CT molecular complexity index is 4910. The normalized spacial score (nSPS) is 15.2. The summed E-state index contributed by atoms with van der Waals surface area (Å²) in [6.45, 7) is 12.2. The highest BCUT2D eigenvalue weighted by atomic mass is 32.2. The summed E-state index contributed by atoms with van der Waals surface area (Å²) in [5.74, 6) is -3.39. The van der Waals surface area contributed by atoms with Crippen molar-refractivity contribution < 1.29 is 67.6 Å². The van der Waals surface area contributed by atoms with Crippen molar-refractivity contribution in [3.63, 3.8) is 0 Å². The van der Waals surface area contributed by atoms with Crippen molar-refractivity contribution in [1.29, 1.82) is 10.5 Å². The molecule has 2 fully saturated rings. The zero-order valence-corrected chi connectivity index (χ0v) is 61.9. The van der Waals surface area contributed by atoms with E-state index in [1.165, 1.54) is 26.4 Å². The first kappa shape index (κ1) is 75.7. The standard InChI is InChI=1S/C65H67N19O15S6/c1-7-79(8-2)49-31-45(47(33-51(49)98-5)75-77-64-70-55(81-21-13-11-14-22-81)53(101-64)27-37(35-66)83-57(85)41-19-17-39(104(92,93)94)29-43(41)59(83)87)68-61-72-62(74-63(73-61)100-25-26-103(89,90)91)69-46-32-50(80(9-3)10-4)52(99-6)34-48(46)76-78-65-71-56(82-23-15-12-16-24-82)54(102-65)28-38(36-67)84-58(86)42-20-18-40(105(95,96)97)30-44(42)60(84)88/h17-20,27-34H,7-16,21-26H2,1-6H3,(H,89,90,91)(H,92,93,94)(H,95,96,97)(H2,68,69,72,73,74)/b37-27+,38-28+,77-75+,78-76+. The first-order valence-electron chi connectivity index (χ1n) is 32.6. The number of aromatic nitrogens is 5. The number of piperidine rings is 2. The molecule has 3 aromatic heterocycles. The number of carbonyl (C=O) groups is 4. The molecule has 4 amide bonds. The average Bonchev–Trinajstić information content (AvgIpc) is 1.65. The van der Waals surface area contributed by atoms with Gasteiger partial charge in [0.2, 0.25) is 22.2 Å². The molecule has 105 heavy (non-hydrogen) atoms. The average molecular weight is 1550 g/mol. The van der Waals surface area contributed by atoms with Gasteiger partial charge in [-0.05, 0) is 127 Å². The van der Waals surface area contributed by atoms with Gasteiger partial charge >= 0.3 is 0 Å². The van der Waals surface area contributed by atoms with Crippen LogP contribution >= 0.6 is 34.4 Å². The number of allylic oxidation sites excluding steroid dienone is 2. The minimum Gasteiger partial charge on any atom is -0.494 e. The van der Waals surface area contributed by atoms with Gasteiger partial charge in [0.15, 0.2) is 5.16 Å². The van der Waals surface area contributed by atoms with Crippen molar-refractivity contribution in [2.24, 2.45) is 20.5 Å². The van der Waals surface area contributed by atoms with Gasteiger partial charge in [-0.25, -0.2) is 9.80 Å². The van der Waals surface area contributed by atoms with E-state index in [2.05, 4.69) is 20.9 Å². The molecule has 4 aliphatic rings. The zero-order valence-electron chi connectivity index (χ0n) is 57.0. The largest absolute Gasteiger partial charge is 0.494 e. The van der Waals surface area contributed by atoms with Gasteiger partial charge in [0, 0.05) is 70.2 Å². The van der Waals surface area contributed by atoms with Crippen LogP contribution in [-0.4, -0.2) is 175 Å². The number of azo groups is 2. The number of nitrogens with zero attached hydrogens (tertiary/aromatic N) is 17. The lowest BCUT2D eigenvalue weighted by molar-refractivity contribution is 0.0696. The maximum absolute atomic E-state index is 13.8. The molecule has 34 nitrogen and oxygen atoms in total. The van der Waals surface area contributed by atoms with E-state index >= 15 is 0 Å². The van der Waals surface area contributed by atoms with E-state index in [1.54, 1.807) is 24.3 Å². The number of amides is 4. The minimum absolute atomic E-state index is 0.0243. The molecule has 0 spiro atoms. The fraction of sp³-hybridized carbons (Fsp3) is 0.338. The third-order valence-corrected chi connectivity index (χ3v) is 22.4. The second kappa shape index (κ2) is 31.9. The second-order valence-corrected chi connectivity index (χ2v) is 31.0. The number of benzene rings is 4. The first-order chi connectivity index (χ1) is 50.2. The summed E-state index contributed by atoms with van der Waals surface area (Å²) in [5.41, 5.74) is 0.161. The van der Waals surface area contributed by atoms with Crippen LogP contribution in [0.15, 0.2) is 107 Å². The van der Waals surface area contributed by atoms with Crippen LogP contribution in [0.5, 0.6) is 11.5 Å². The van der Waals surface area contributed by atoms with Gasteiger partial charge in [-0.3, -0.25) is 32.8 Å². The Balaban J connectivity index is 0.981. The van der Waals surface area contributed by atoms with E-state index in [0.29, 0.717) is 106 Å². The van der Waals surface area contributed by atoms with E-state index < -0.39 is 80.9 Å². The van der Waals surface area contributed by atoms with Gasteiger partial charge in [-0.1, -0.05) is 34.4 Å². The van der Waals surface area contributed by atoms with Crippen molar-refractivity contribution in [1.82, 2.24) is 34.7 Å². The molecule has 7 aromatic rings. The van der Waals surface area contributed by atoms with Gasteiger partial charge in [0.05, 0.1) is 84.5 Å². The molecule has 0 atom stereocenters. The molecule has 7 heterocycles. The topological polar surface area (TPSA) is 455 Å². The highest BCUT2D eigenvalue weighted by molar-refractivity contribution is 8.00. The maximum Gasteiger partial charge on any atom is 0.294 e. The predicted molar refractivity (Wildman–Crippen MR) is 392 cm³/mol. The lowest BCUT2D eigenvalue weighted by atomic mass is 10.1. The molecule has 40 heteroatoms. The summed E-state index contributed by atoms with van der Waals surface area (Å²) >= 11 is 2.86. The molecule has 0 bridgehead atoms. The Morgan fingerprint density at radius 1 is 0.562 bits per heavy atom. The summed E-state index contributed by atoms with van der Waals surface area (Å²) in [7, 11) is -11.0. The second-order valence-electron chi connectivity index (χ2n) is 23.5. The summed E-state index contributed by atoms with van der Waals surface area (Å²) < 4.78 is 113. The molecular weight excluding hydrogens is 1480 g/mol. The number of thiazole rings is 2. The highest BCUT2D eigenvalue weighted by Gasteiger charge is 2.41. The molecule has 4 aromatic carbocycles. The summed E-state index contributed by atoms with van der Waals surface area (Å²) in [6.07, 6.45) is 7.72. The molecule has 0 radical (unpaired) electrons. The van der Waals surface area contributed by atoms with Gasteiger partial charge in [0.25, 0.3) is 54.0 Å². The summed E-state index contributed by atoms with van der Waals surface area (Å²) in [6, 6.07) is 16.5. The van der Waals surface area contributed by atoms with Crippen LogP contribution in [0.25, 0.3) is 12.2 Å². The highest BCUT2D eigenvalue weighted by Crippen LogP contribution is 2.46. The van der Waals surface area contributed by atoms with Gasteiger partial charge < -0.3 is 39.7 Å². The van der Waals surface area contributed by atoms with E-state index in [1.807, 2.05) is 59.4 Å². The van der Waals surface area contributed by atoms with Crippen molar-refractivity contribution in [2.75, 3.05) is 108 Å². The first-order valence-corrected chi connectivity index (χ1v) is 39.7. The van der Waals surface area contributed by atoms with Crippen LogP contribution in [0.2, 0.25) is 0 Å². The Morgan fingerprint density at radius 2 is 0.952 bits per heavy atom. The fourth-order valence-electron chi connectivity index (χ4n) is 11.9. The zero-order chi connectivity index (χ0) is 75.2. The molecule has 0 unspecified atom stereocenters. The van der Waals surface area contributed by atoms with Crippen LogP contribution in [0.1, 0.15) is 117 Å². The van der Waals surface area contributed by atoms with E-state index in [9.17, 15) is 68.6 Å². The molecule has 11 rings (SSSR count). The SMILES string of the molecule is CCN(CC)c1cc(Nc2nc(Nc3cc(N(CC)CC)c(OC)cc3/N=N/c3nc(N4CCCCC4)c(/C=C(\C#N)N4C(=O)c5ccc(S(=O)(=O)O)cc5C4=O)s3)nc(SCCS(=O)(=O)O)n2)c(/N=N/c2nc(N3CCCCC3)c(/C=C(\C#N)N3C(=O)c4ccc(S(=O)(=O)O)cc4C3=O)s2)cc1OC. The minimum atomic E-state index is -4.77. The number of thioether (sulfide) groups is 1. The number of rotatable bonds is 28. The number of nitriles is 2. The third-order valence-electron chi connectivity index (χ3n) is 17.1. The van der Waals surface area contributed by atoms with Crippen molar-refractivity contribution in [3.05, 3.63) is 104 Å². The molecule has 0 aliphatic carbocycles. The van der Waals surface area contributed by atoms with Crippen LogP contribution < -0.4 is 39.7 Å². The molecule has 4 aliphatic heterocycles. The van der Waals surface area contributed by atoms with E-state index in [0.717, 1.165) is 109 Å². The Labute approximate surface area is 615 Å². The monoisotopic (exact) mass is 1550 g/mol. The quantitative estimate of drug-likeness (QED) is 0.00999. The fourth-order valence-corrected chi connectivity index (χ4v) is 16.3. The Kier molecular flexibility index (Phi) is 23.0. The van der Waals surface area contributed by atoms with Crippen molar-refractivity contribution in [2.45, 2.75) is 81.2 Å². The molecule has 548 valence electrons. The number of hydrogen-bond donors (Lipinski definition) is 5. The number of imide groups is 2. The molecule has 2 saturated heterocycles. The van der Waals surface area contributed by atoms with Gasteiger partial charge in [0.1, 0.15) is 58.0 Å². The number of nitrogens with one attached hydrogen (secondary N) is 2. The van der Waals surface area contributed by atoms with E-state index in [-0.39, 0.29) is 78.1 Å². The molecule has 5 N–H and O–H groups in total. The Morgan fingerprint density at radius 3 is 1.30 bits per heavy atom. The lowest BCUT2D eigenvalue weighted by Crippen LogP contribution is -2.30.